The molecule has 2 aromatic carbocycles. The molecule has 9 nitrogen and oxygen atoms in total. The number of nitrogens with one attached hydrogen (secondary N) is 1. The van der Waals surface area contributed by atoms with Crippen molar-refractivity contribution < 1.29 is 4.74 Å². The molecule has 0 radical (unpaired) electrons. The van der Waals surface area contributed by atoms with Gasteiger partial charge in [-0.05, 0) is 50.5 Å². The minimum absolute atomic E-state index is 0.157. The van der Waals surface area contributed by atoms with Crippen LogP contribution in [-0.2, 0) is 7.05 Å². The van der Waals surface area contributed by atoms with Gasteiger partial charge in [0.15, 0.2) is 17.2 Å². The molecule has 1 aromatic heterocycles. The second-order valence-corrected chi connectivity index (χ2v) is 8.56. The van der Waals surface area contributed by atoms with Crippen molar-refractivity contribution in [3.63, 3.8) is 0 Å². The smallest absolute Gasteiger partial charge is 0.299 e. The molecule has 0 spiro atoms. The van der Waals surface area contributed by atoms with Crippen LogP contribution in [0.15, 0.2) is 86.1 Å². The molecule has 0 amide bonds. The molecule has 1 N–H and O–H groups in total. The van der Waals surface area contributed by atoms with Gasteiger partial charge >= 0.3 is 0 Å². The molecular formula is C26H27N7O2. The van der Waals surface area contributed by atoms with Crippen LogP contribution in [0.25, 0.3) is 5.69 Å². The summed E-state index contributed by atoms with van der Waals surface area (Å²) >= 11 is 0. The zero-order valence-corrected chi connectivity index (χ0v) is 19.8. The lowest BCUT2D eigenvalue weighted by molar-refractivity contribution is 0.280. The van der Waals surface area contributed by atoms with E-state index in [1.165, 1.54) is 0 Å². The maximum absolute atomic E-state index is 13.3. The van der Waals surface area contributed by atoms with Gasteiger partial charge in [0.25, 0.3) is 5.56 Å². The summed E-state index contributed by atoms with van der Waals surface area (Å²) in [6, 6.07) is 16.8. The van der Waals surface area contributed by atoms with Gasteiger partial charge in [0, 0.05) is 31.9 Å². The number of piperidine rings is 1. The molecule has 35 heavy (non-hydrogen) atoms. The number of hydrogen-bond donors (Lipinski definition) is 1. The van der Waals surface area contributed by atoms with Crippen LogP contribution in [0.2, 0.25) is 0 Å². The second-order valence-electron chi connectivity index (χ2n) is 8.56. The Hall–Kier alpha value is -4.27. The lowest BCUT2D eigenvalue weighted by Crippen LogP contribution is -2.31. The highest BCUT2D eigenvalue weighted by Crippen LogP contribution is 2.27. The fourth-order valence-corrected chi connectivity index (χ4v) is 4.33. The van der Waals surface area contributed by atoms with E-state index >= 15 is 0 Å². The minimum Gasteiger partial charge on any atom is -0.437 e. The van der Waals surface area contributed by atoms with Gasteiger partial charge in [0.2, 0.25) is 5.90 Å². The maximum Gasteiger partial charge on any atom is 0.299 e. The Kier molecular flexibility index (Phi) is 6.13. The summed E-state index contributed by atoms with van der Waals surface area (Å²) in [6.07, 6.45) is 4.96. The highest BCUT2D eigenvalue weighted by Gasteiger charge is 2.24. The molecule has 0 atom stereocenters. The van der Waals surface area contributed by atoms with E-state index < -0.39 is 0 Å². The van der Waals surface area contributed by atoms with E-state index in [2.05, 4.69) is 15.1 Å². The van der Waals surface area contributed by atoms with Gasteiger partial charge in [-0.25, -0.2) is 9.67 Å². The first kappa shape index (κ1) is 22.5. The zero-order chi connectivity index (χ0) is 24.4. The second kappa shape index (κ2) is 9.54. The Balaban J connectivity index is 1.61. The Morgan fingerprint density at radius 2 is 1.69 bits per heavy atom. The molecule has 2 aliphatic rings. The summed E-state index contributed by atoms with van der Waals surface area (Å²) in [4.78, 5) is 20.1. The van der Waals surface area contributed by atoms with Crippen molar-refractivity contribution in [2.75, 3.05) is 13.1 Å². The predicted octanol–water partition coefficient (Wildman–Crippen LogP) is 4.71. The molecule has 9 heteroatoms. The van der Waals surface area contributed by atoms with E-state index in [-0.39, 0.29) is 22.8 Å². The van der Waals surface area contributed by atoms with Crippen LogP contribution < -0.4 is 10.3 Å². The number of benzene rings is 2. The summed E-state index contributed by atoms with van der Waals surface area (Å²) in [6.45, 7) is 3.45. The number of likely N-dealkylation sites (tertiary alicyclic amines) is 1. The number of nitrogens with zero attached hydrogens (tertiary/aromatic N) is 6. The molecule has 0 bridgehead atoms. The Morgan fingerprint density at radius 3 is 2.46 bits per heavy atom. The first-order valence-electron chi connectivity index (χ1n) is 11.7. The van der Waals surface area contributed by atoms with Gasteiger partial charge in [0.05, 0.1) is 11.4 Å². The summed E-state index contributed by atoms with van der Waals surface area (Å²) in [5, 5.41) is 17.5. The van der Waals surface area contributed by atoms with Crippen LogP contribution in [0.5, 0.6) is 5.75 Å². The Labute approximate surface area is 203 Å². The number of para-hydroxylation sites is 2. The topological polar surface area (TPSA) is 100 Å². The fraction of sp³-hybridized carbons (Fsp3) is 0.269. The van der Waals surface area contributed by atoms with E-state index in [1.807, 2.05) is 62.5 Å². The number of aliphatic imine (C=N–C) groups is 1. The van der Waals surface area contributed by atoms with Crippen molar-refractivity contribution in [3.8, 4) is 11.4 Å². The zero-order valence-electron chi connectivity index (χ0n) is 19.8. The Morgan fingerprint density at radius 1 is 0.971 bits per heavy atom. The van der Waals surface area contributed by atoms with Crippen LogP contribution >= 0.6 is 0 Å². The van der Waals surface area contributed by atoms with Gasteiger partial charge < -0.3 is 9.64 Å². The quantitative estimate of drug-likeness (QED) is 0.560. The SMILES string of the molecule is Cc1c(N=N/C2=C(N3CCCCC3)/N=C\c3ccccc3OC2=N)c(=O)n(-c2ccccc2)n1C. The summed E-state index contributed by atoms with van der Waals surface area (Å²) < 4.78 is 9.19. The van der Waals surface area contributed by atoms with Crippen molar-refractivity contribution in [3.05, 3.63) is 87.7 Å². The summed E-state index contributed by atoms with van der Waals surface area (Å²) in [5.41, 5.74) is 2.31. The third-order valence-corrected chi connectivity index (χ3v) is 6.31. The molecule has 1 fully saturated rings. The average molecular weight is 470 g/mol. The van der Waals surface area contributed by atoms with Crippen LogP contribution in [-0.4, -0.2) is 39.5 Å². The van der Waals surface area contributed by atoms with Gasteiger partial charge in [0.1, 0.15) is 5.75 Å². The number of azo groups is 1. The van der Waals surface area contributed by atoms with Gasteiger partial charge in [-0.2, -0.15) is 0 Å². The largest absolute Gasteiger partial charge is 0.437 e. The average Bonchev–Trinajstić information content (AvgIpc) is 3.09. The van der Waals surface area contributed by atoms with E-state index in [9.17, 15) is 4.79 Å². The Bertz CT molecular complexity index is 1410. The van der Waals surface area contributed by atoms with E-state index in [4.69, 9.17) is 15.1 Å². The normalized spacial score (nSPS) is 19.3. The monoisotopic (exact) mass is 469 g/mol. The van der Waals surface area contributed by atoms with Crippen molar-refractivity contribution in [2.24, 2.45) is 22.3 Å². The first-order chi connectivity index (χ1) is 17.0. The molecule has 3 heterocycles. The molecule has 178 valence electrons. The van der Waals surface area contributed by atoms with Gasteiger partial charge in [-0.15, -0.1) is 10.2 Å². The van der Waals surface area contributed by atoms with Crippen molar-refractivity contribution in [1.29, 1.82) is 5.41 Å². The molecule has 1 saturated heterocycles. The van der Waals surface area contributed by atoms with Crippen LogP contribution in [0.1, 0.15) is 30.5 Å². The first-order valence-corrected chi connectivity index (χ1v) is 11.7. The van der Waals surface area contributed by atoms with E-state index in [0.717, 1.165) is 43.6 Å². The summed E-state index contributed by atoms with van der Waals surface area (Å²) in [5.74, 6) is 0.898. The van der Waals surface area contributed by atoms with Crippen molar-refractivity contribution in [2.45, 2.75) is 26.2 Å². The molecule has 0 saturated carbocycles. The van der Waals surface area contributed by atoms with Gasteiger partial charge in [-0.1, -0.05) is 30.3 Å². The number of fused-ring (bicyclic) bond motifs is 1. The maximum atomic E-state index is 13.3. The van der Waals surface area contributed by atoms with Crippen LogP contribution in [0, 0.1) is 12.3 Å². The molecule has 0 aliphatic carbocycles. The van der Waals surface area contributed by atoms with Crippen molar-refractivity contribution in [1.82, 2.24) is 14.3 Å². The van der Waals surface area contributed by atoms with Crippen LogP contribution in [0.4, 0.5) is 5.69 Å². The van der Waals surface area contributed by atoms with E-state index in [0.29, 0.717) is 17.3 Å². The molecule has 3 aromatic rings. The lowest BCUT2D eigenvalue weighted by Gasteiger charge is -2.30. The molecular weight excluding hydrogens is 442 g/mol. The number of hydrogen-bond acceptors (Lipinski definition) is 7. The lowest BCUT2D eigenvalue weighted by atomic mass is 10.1. The van der Waals surface area contributed by atoms with Gasteiger partial charge in [-0.3, -0.25) is 14.9 Å². The van der Waals surface area contributed by atoms with E-state index in [1.54, 1.807) is 21.6 Å². The van der Waals surface area contributed by atoms with Crippen LogP contribution in [0.3, 0.4) is 0 Å². The third kappa shape index (κ3) is 4.32. The highest BCUT2D eigenvalue weighted by atomic mass is 16.5. The predicted molar refractivity (Wildman–Crippen MR) is 135 cm³/mol. The molecule has 0 unspecified atom stereocenters. The number of aromatic nitrogens is 2. The molecule has 5 rings (SSSR count). The highest BCUT2D eigenvalue weighted by molar-refractivity contribution is 5.96. The number of rotatable bonds is 4. The standard InChI is InChI=1S/C26H27N7O2/c1-18-22(26(34)33(31(18)2)20-12-5-3-6-13-20)29-30-23-24(27)35-21-14-8-7-11-19(21)17-28-25(23)32-15-9-4-10-16-32/h3,5-8,11-14,17,27H,4,9-10,15-16H2,1-2H3/b25-23-,27-24?,28-17-,30-29?. The molecule has 2 aliphatic heterocycles. The third-order valence-electron chi connectivity index (χ3n) is 6.31. The fourth-order valence-electron chi connectivity index (χ4n) is 4.33. The minimum atomic E-state index is -0.285. The number of ether oxygens (including phenoxy) is 1. The van der Waals surface area contributed by atoms with Crippen molar-refractivity contribution >= 4 is 17.8 Å². The summed E-state index contributed by atoms with van der Waals surface area (Å²) in [7, 11) is 1.81.